The fraction of sp³-hybridized carbons (Fsp3) is 0.261. The van der Waals surface area contributed by atoms with Gasteiger partial charge < -0.3 is 4.74 Å². The van der Waals surface area contributed by atoms with Crippen molar-refractivity contribution in [2.24, 2.45) is 13.0 Å². The van der Waals surface area contributed by atoms with Crippen LogP contribution in [0.3, 0.4) is 0 Å². The zero-order valence-electron chi connectivity index (χ0n) is 17.2. The zero-order valence-corrected chi connectivity index (χ0v) is 17.2. The van der Waals surface area contributed by atoms with Crippen molar-refractivity contribution in [1.29, 1.82) is 0 Å². The summed E-state index contributed by atoms with van der Waals surface area (Å²) in [5.41, 5.74) is 3.01. The minimum atomic E-state index is -0.0982. The monoisotopic (exact) mass is 414 g/mol. The van der Waals surface area contributed by atoms with Gasteiger partial charge in [0, 0.05) is 31.3 Å². The number of aromatic nitrogens is 6. The van der Waals surface area contributed by atoms with E-state index in [-0.39, 0.29) is 5.43 Å². The van der Waals surface area contributed by atoms with E-state index in [1.54, 1.807) is 34.2 Å². The molecule has 0 bridgehead atoms. The predicted molar refractivity (Wildman–Crippen MR) is 115 cm³/mol. The molecule has 0 aliphatic heterocycles. The first-order valence-corrected chi connectivity index (χ1v) is 10.3. The van der Waals surface area contributed by atoms with Crippen molar-refractivity contribution in [3.8, 4) is 22.8 Å². The highest BCUT2D eigenvalue weighted by molar-refractivity contribution is 5.56. The van der Waals surface area contributed by atoms with Crippen LogP contribution in [-0.2, 0) is 13.5 Å². The Kier molecular flexibility index (Phi) is 5.03. The van der Waals surface area contributed by atoms with Gasteiger partial charge in [-0.1, -0.05) is 18.2 Å². The Morgan fingerprint density at radius 1 is 1.13 bits per heavy atom. The Balaban J connectivity index is 1.35. The molecule has 1 aromatic carbocycles. The molecule has 0 N–H and O–H groups in total. The smallest absolute Gasteiger partial charge is 0.203 e. The van der Waals surface area contributed by atoms with Gasteiger partial charge in [0.25, 0.3) is 0 Å². The van der Waals surface area contributed by atoms with E-state index in [1.165, 1.54) is 18.9 Å². The maximum Gasteiger partial charge on any atom is 0.203 e. The molecule has 1 aliphatic rings. The van der Waals surface area contributed by atoms with E-state index >= 15 is 0 Å². The Labute approximate surface area is 179 Å². The summed E-state index contributed by atoms with van der Waals surface area (Å²) in [6.45, 7) is 0.735. The average Bonchev–Trinajstić information content (AvgIpc) is 3.53. The molecule has 8 heteroatoms. The van der Waals surface area contributed by atoms with E-state index in [2.05, 4.69) is 20.2 Å². The van der Waals surface area contributed by atoms with Crippen LogP contribution in [0.2, 0.25) is 0 Å². The van der Waals surface area contributed by atoms with Crippen LogP contribution in [0, 0.1) is 5.92 Å². The lowest BCUT2D eigenvalue weighted by Crippen LogP contribution is -2.16. The normalized spacial score (nSPS) is 13.3. The molecule has 5 rings (SSSR count). The first-order valence-electron chi connectivity index (χ1n) is 10.3. The van der Waals surface area contributed by atoms with Crippen molar-refractivity contribution in [2.45, 2.75) is 19.3 Å². The fourth-order valence-electron chi connectivity index (χ4n) is 3.29. The lowest BCUT2D eigenvalue weighted by Gasteiger charge is -2.08. The molecule has 3 aromatic heterocycles. The van der Waals surface area contributed by atoms with E-state index in [4.69, 9.17) is 4.74 Å². The van der Waals surface area contributed by atoms with E-state index in [9.17, 15) is 4.79 Å². The van der Waals surface area contributed by atoms with E-state index in [0.29, 0.717) is 29.6 Å². The molecule has 1 fully saturated rings. The topological polar surface area (TPSA) is 87.7 Å². The molecule has 0 spiro atoms. The summed E-state index contributed by atoms with van der Waals surface area (Å²) in [5, 5.41) is 8.67. The van der Waals surface area contributed by atoms with Crippen molar-refractivity contribution in [3.05, 3.63) is 82.8 Å². The Morgan fingerprint density at radius 3 is 2.71 bits per heavy atom. The van der Waals surface area contributed by atoms with Crippen molar-refractivity contribution in [2.75, 3.05) is 6.61 Å². The summed E-state index contributed by atoms with van der Waals surface area (Å²) in [7, 11) is 1.84. The molecule has 156 valence electrons. The molecule has 8 nitrogen and oxygen atoms in total. The summed E-state index contributed by atoms with van der Waals surface area (Å²) in [4.78, 5) is 21.3. The molecule has 0 atom stereocenters. The van der Waals surface area contributed by atoms with Gasteiger partial charge in [0.15, 0.2) is 11.6 Å². The van der Waals surface area contributed by atoms with Crippen molar-refractivity contribution < 1.29 is 4.74 Å². The average molecular weight is 414 g/mol. The Hall–Kier alpha value is -3.81. The molecule has 3 heterocycles. The van der Waals surface area contributed by atoms with Gasteiger partial charge in [0.05, 0.1) is 31.4 Å². The third-order valence-electron chi connectivity index (χ3n) is 5.20. The van der Waals surface area contributed by atoms with Gasteiger partial charge >= 0.3 is 0 Å². The van der Waals surface area contributed by atoms with Crippen LogP contribution in [-0.4, -0.2) is 36.1 Å². The van der Waals surface area contributed by atoms with Crippen LogP contribution in [0.5, 0.6) is 5.75 Å². The molecular weight excluding hydrogens is 392 g/mol. The standard InChI is InChI=1S/C23H22N6O2/c1-28-14-19(11-26-28)29-8-7-22(30)21(27-29)10-17-3-2-4-18(9-17)23-24-12-20(13-25-23)31-15-16-5-6-16/h2-4,7-9,11-14,16H,5-6,10,15H2,1H3. The maximum atomic E-state index is 12.4. The first-order chi connectivity index (χ1) is 15.1. The highest BCUT2D eigenvalue weighted by Crippen LogP contribution is 2.29. The van der Waals surface area contributed by atoms with Crippen LogP contribution >= 0.6 is 0 Å². The van der Waals surface area contributed by atoms with Crippen molar-refractivity contribution in [3.63, 3.8) is 0 Å². The van der Waals surface area contributed by atoms with Gasteiger partial charge in [0.2, 0.25) is 5.43 Å². The van der Waals surface area contributed by atoms with E-state index in [1.807, 2.05) is 37.5 Å². The minimum absolute atomic E-state index is 0.0982. The fourth-order valence-corrected chi connectivity index (χ4v) is 3.29. The van der Waals surface area contributed by atoms with Gasteiger partial charge in [-0.15, -0.1) is 0 Å². The summed E-state index contributed by atoms with van der Waals surface area (Å²) in [6.07, 6.45) is 11.5. The van der Waals surface area contributed by atoms with Crippen molar-refractivity contribution in [1.82, 2.24) is 29.5 Å². The summed E-state index contributed by atoms with van der Waals surface area (Å²) in [5.74, 6) is 2.00. The number of rotatable bonds is 7. The molecule has 1 saturated carbocycles. The number of hydrogen-bond acceptors (Lipinski definition) is 6. The van der Waals surface area contributed by atoms with Gasteiger partial charge in [0.1, 0.15) is 11.4 Å². The third kappa shape index (κ3) is 4.53. The third-order valence-corrected chi connectivity index (χ3v) is 5.20. The summed E-state index contributed by atoms with van der Waals surface area (Å²) >= 11 is 0. The molecule has 1 aliphatic carbocycles. The first kappa shape index (κ1) is 19.2. The molecule has 0 amide bonds. The van der Waals surface area contributed by atoms with E-state index < -0.39 is 0 Å². The van der Waals surface area contributed by atoms with Gasteiger partial charge in [-0.2, -0.15) is 10.2 Å². The number of benzene rings is 1. The number of nitrogens with zero attached hydrogens (tertiary/aromatic N) is 6. The second-order valence-corrected chi connectivity index (χ2v) is 7.82. The van der Waals surface area contributed by atoms with Gasteiger partial charge in [-0.05, 0) is 30.4 Å². The van der Waals surface area contributed by atoms with Crippen LogP contribution in [0.1, 0.15) is 24.1 Å². The summed E-state index contributed by atoms with van der Waals surface area (Å²) in [6, 6.07) is 9.38. The number of aryl methyl sites for hydroxylation is 1. The quantitative estimate of drug-likeness (QED) is 0.462. The molecule has 0 radical (unpaired) electrons. The molecule has 31 heavy (non-hydrogen) atoms. The van der Waals surface area contributed by atoms with Gasteiger partial charge in [-0.25, -0.2) is 14.6 Å². The second kappa shape index (κ2) is 8.14. The SMILES string of the molecule is Cn1cc(-n2ccc(=O)c(Cc3cccc(-c4ncc(OCC5CC5)cn4)c3)n2)cn1. The van der Waals surface area contributed by atoms with Crippen LogP contribution in [0.15, 0.2) is 66.1 Å². The molecular formula is C23H22N6O2. The Bertz CT molecular complexity index is 1260. The summed E-state index contributed by atoms with van der Waals surface area (Å²) < 4.78 is 9.07. The Morgan fingerprint density at radius 2 is 1.97 bits per heavy atom. The molecule has 4 aromatic rings. The number of hydrogen-bond donors (Lipinski definition) is 0. The highest BCUT2D eigenvalue weighted by atomic mass is 16.5. The predicted octanol–water partition coefficient (Wildman–Crippen LogP) is 2.80. The largest absolute Gasteiger partial charge is 0.490 e. The molecule has 0 unspecified atom stereocenters. The van der Waals surface area contributed by atoms with Crippen LogP contribution in [0.25, 0.3) is 17.1 Å². The van der Waals surface area contributed by atoms with E-state index in [0.717, 1.165) is 23.4 Å². The van der Waals surface area contributed by atoms with Crippen LogP contribution < -0.4 is 10.2 Å². The maximum absolute atomic E-state index is 12.4. The lowest BCUT2D eigenvalue weighted by molar-refractivity contribution is 0.297. The van der Waals surface area contributed by atoms with Crippen LogP contribution in [0.4, 0.5) is 0 Å². The zero-order chi connectivity index (χ0) is 21.2. The van der Waals surface area contributed by atoms with Gasteiger partial charge in [-0.3, -0.25) is 9.48 Å². The second-order valence-electron chi connectivity index (χ2n) is 7.82. The van der Waals surface area contributed by atoms with Crippen molar-refractivity contribution >= 4 is 0 Å². The highest BCUT2D eigenvalue weighted by Gasteiger charge is 2.22. The lowest BCUT2D eigenvalue weighted by atomic mass is 10.1. The molecule has 0 saturated heterocycles. The minimum Gasteiger partial charge on any atom is -0.490 e. The number of ether oxygens (including phenoxy) is 1.